The summed E-state index contributed by atoms with van der Waals surface area (Å²) in [5, 5.41) is 4.23. The van der Waals surface area contributed by atoms with Crippen molar-refractivity contribution in [3.8, 4) is 0 Å². The molecule has 1 aromatic heterocycles. The van der Waals surface area contributed by atoms with Crippen LogP contribution >= 0.6 is 15.9 Å². The summed E-state index contributed by atoms with van der Waals surface area (Å²) in [6, 6.07) is 8.11. The lowest BCUT2D eigenvalue weighted by atomic mass is 9.98. The van der Waals surface area contributed by atoms with Crippen molar-refractivity contribution < 1.29 is 14.3 Å². The minimum atomic E-state index is -0.543. The molecule has 0 aliphatic carbocycles. The van der Waals surface area contributed by atoms with Crippen molar-refractivity contribution in [2.24, 2.45) is 7.05 Å². The summed E-state index contributed by atoms with van der Waals surface area (Å²) >= 11 is 3.51. The van der Waals surface area contributed by atoms with Crippen LogP contribution in [-0.4, -0.2) is 39.5 Å². The third-order valence-electron chi connectivity index (χ3n) is 4.48. The van der Waals surface area contributed by atoms with Crippen LogP contribution in [0, 0.1) is 0 Å². The normalized spacial score (nSPS) is 16.9. The standard InChI is InChI=1S/C20H26BrN3O3/c1-20(2,3)27-19(25)24-11-9-14-7-5-6-8-15(14)18(24)26-12-10-17-16(21)13-22-23(17)4/h5-8,13,18H,9-12H2,1-4H3. The molecule has 0 N–H and O–H groups in total. The maximum Gasteiger partial charge on any atom is 0.412 e. The van der Waals surface area contributed by atoms with Crippen LogP contribution in [0.4, 0.5) is 4.79 Å². The molecule has 146 valence electrons. The summed E-state index contributed by atoms with van der Waals surface area (Å²) in [5.41, 5.74) is 2.75. The number of aromatic nitrogens is 2. The number of fused-ring (bicyclic) bond motifs is 1. The Morgan fingerprint density at radius 3 is 2.74 bits per heavy atom. The Labute approximate surface area is 168 Å². The van der Waals surface area contributed by atoms with Crippen LogP contribution in [0.2, 0.25) is 0 Å². The minimum Gasteiger partial charge on any atom is -0.444 e. The molecule has 0 saturated carbocycles. The number of rotatable bonds is 4. The third-order valence-corrected chi connectivity index (χ3v) is 5.14. The smallest absolute Gasteiger partial charge is 0.412 e. The highest BCUT2D eigenvalue weighted by Gasteiger charge is 2.34. The Hall–Kier alpha value is -1.86. The molecular formula is C20H26BrN3O3. The van der Waals surface area contributed by atoms with E-state index in [2.05, 4.69) is 27.1 Å². The summed E-state index contributed by atoms with van der Waals surface area (Å²) < 4.78 is 14.6. The molecule has 0 fully saturated rings. The summed E-state index contributed by atoms with van der Waals surface area (Å²) in [5.74, 6) is 0. The number of ether oxygens (including phenoxy) is 2. The van der Waals surface area contributed by atoms with Crippen molar-refractivity contribution in [2.45, 2.75) is 45.4 Å². The second kappa shape index (κ2) is 8.02. The van der Waals surface area contributed by atoms with Crippen LogP contribution in [0.1, 0.15) is 43.8 Å². The van der Waals surface area contributed by atoms with Gasteiger partial charge in [-0.25, -0.2) is 4.79 Å². The number of nitrogens with zero attached hydrogens (tertiary/aromatic N) is 3. The zero-order chi connectivity index (χ0) is 19.6. The van der Waals surface area contributed by atoms with Crippen molar-refractivity contribution in [3.05, 3.63) is 51.8 Å². The van der Waals surface area contributed by atoms with Crippen LogP contribution in [0.25, 0.3) is 0 Å². The maximum absolute atomic E-state index is 12.7. The predicted molar refractivity (Wildman–Crippen MR) is 106 cm³/mol. The fourth-order valence-corrected chi connectivity index (χ4v) is 3.75. The van der Waals surface area contributed by atoms with Gasteiger partial charge in [-0.05, 0) is 48.7 Å². The lowest BCUT2D eigenvalue weighted by Gasteiger charge is -2.37. The van der Waals surface area contributed by atoms with E-state index >= 15 is 0 Å². The fourth-order valence-electron chi connectivity index (χ4n) is 3.20. The van der Waals surface area contributed by atoms with Gasteiger partial charge in [0.25, 0.3) is 0 Å². The van der Waals surface area contributed by atoms with E-state index in [1.807, 2.05) is 50.7 Å². The molecule has 1 aliphatic rings. The molecule has 7 heteroatoms. The van der Waals surface area contributed by atoms with Crippen LogP contribution in [0.15, 0.2) is 34.9 Å². The molecular weight excluding hydrogens is 410 g/mol. The number of aryl methyl sites for hydroxylation is 1. The van der Waals surface area contributed by atoms with E-state index < -0.39 is 11.8 Å². The zero-order valence-electron chi connectivity index (χ0n) is 16.2. The molecule has 0 radical (unpaired) electrons. The zero-order valence-corrected chi connectivity index (χ0v) is 17.8. The van der Waals surface area contributed by atoms with Crippen molar-refractivity contribution >= 4 is 22.0 Å². The van der Waals surface area contributed by atoms with Gasteiger partial charge in [-0.3, -0.25) is 9.58 Å². The molecule has 1 unspecified atom stereocenters. The van der Waals surface area contributed by atoms with Gasteiger partial charge in [-0.1, -0.05) is 24.3 Å². The quantitative estimate of drug-likeness (QED) is 0.720. The van der Waals surface area contributed by atoms with Crippen LogP contribution < -0.4 is 0 Å². The number of amides is 1. The average molecular weight is 436 g/mol. The lowest BCUT2D eigenvalue weighted by Crippen LogP contribution is -2.44. The summed E-state index contributed by atoms with van der Waals surface area (Å²) in [7, 11) is 1.91. The number of halogens is 1. The molecule has 0 bridgehead atoms. The molecule has 1 atom stereocenters. The summed E-state index contributed by atoms with van der Waals surface area (Å²) in [4.78, 5) is 14.4. The van der Waals surface area contributed by atoms with Crippen LogP contribution in [0.5, 0.6) is 0 Å². The van der Waals surface area contributed by atoms with Gasteiger partial charge in [-0.15, -0.1) is 0 Å². The second-order valence-corrected chi connectivity index (χ2v) is 8.51. The van der Waals surface area contributed by atoms with Gasteiger partial charge in [0, 0.05) is 25.6 Å². The Kier molecular flexibility index (Phi) is 5.91. The molecule has 0 saturated heterocycles. The molecule has 2 aromatic rings. The highest BCUT2D eigenvalue weighted by atomic mass is 79.9. The van der Waals surface area contributed by atoms with E-state index in [-0.39, 0.29) is 6.09 Å². The molecule has 3 rings (SSSR count). The van der Waals surface area contributed by atoms with Crippen molar-refractivity contribution in [3.63, 3.8) is 0 Å². The van der Waals surface area contributed by atoms with Crippen molar-refractivity contribution in [1.82, 2.24) is 14.7 Å². The van der Waals surface area contributed by atoms with Gasteiger partial charge in [0.05, 0.1) is 23.0 Å². The molecule has 0 spiro atoms. The lowest BCUT2D eigenvalue weighted by molar-refractivity contribution is -0.0741. The number of carbonyl (C=O) groups is 1. The molecule has 1 aromatic carbocycles. The first kappa shape index (κ1) is 19.9. The van der Waals surface area contributed by atoms with Crippen LogP contribution in [-0.2, 0) is 29.4 Å². The molecule has 27 heavy (non-hydrogen) atoms. The van der Waals surface area contributed by atoms with Crippen molar-refractivity contribution in [2.75, 3.05) is 13.2 Å². The minimum absolute atomic E-state index is 0.344. The van der Waals surface area contributed by atoms with Gasteiger partial charge < -0.3 is 9.47 Å². The summed E-state index contributed by atoms with van der Waals surface area (Å²) in [6.45, 7) is 6.66. The average Bonchev–Trinajstić information content (AvgIpc) is 2.92. The van der Waals surface area contributed by atoms with Gasteiger partial charge in [0.1, 0.15) is 5.60 Å². The Bertz CT molecular complexity index is 794. The first-order chi connectivity index (χ1) is 12.8. The third kappa shape index (κ3) is 4.71. The van der Waals surface area contributed by atoms with Crippen molar-refractivity contribution in [1.29, 1.82) is 0 Å². The highest BCUT2D eigenvalue weighted by molar-refractivity contribution is 9.10. The topological polar surface area (TPSA) is 56.6 Å². The molecule has 2 heterocycles. The second-order valence-electron chi connectivity index (χ2n) is 7.66. The monoisotopic (exact) mass is 435 g/mol. The number of hydrogen-bond acceptors (Lipinski definition) is 4. The molecule has 1 amide bonds. The van der Waals surface area contributed by atoms with Gasteiger partial charge in [0.15, 0.2) is 6.23 Å². The number of carbonyl (C=O) groups excluding carboxylic acids is 1. The first-order valence-electron chi connectivity index (χ1n) is 9.11. The molecule has 1 aliphatic heterocycles. The Morgan fingerprint density at radius 1 is 1.33 bits per heavy atom. The van der Waals surface area contributed by atoms with E-state index in [1.54, 1.807) is 11.1 Å². The Morgan fingerprint density at radius 2 is 2.07 bits per heavy atom. The van der Waals surface area contributed by atoms with E-state index in [9.17, 15) is 4.79 Å². The maximum atomic E-state index is 12.7. The molecule has 6 nitrogen and oxygen atoms in total. The SMILES string of the molecule is Cn1ncc(Br)c1CCOC1c2ccccc2CCN1C(=O)OC(C)(C)C. The highest BCUT2D eigenvalue weighted by Crippen LogP contribution is 2.32. The van der Waals surface area contributed by atoms with Gasteiger partial charge >= 0.3 is 6.09 Å². The number of hydrogen-bond donors (Lipinski definition) is 0. The van der Waals surface area contributed by atoms with Gasteiger partial charge in [-0.2, -0.15) is 5.10 Å². The fraction of sp³-hybridized carbons (Fsp3) is 0.500. The Balaban J connectivity index is 1.77. The largest absolute Gasteiger partial charge is 0.444 e. The first-order valence-corrected chi connectivity index (χ1v) is 9.91. The van der Waals surface area contributed by atoms with E-state index in [1.165, 1.54) is 5.56 Å². The summed E-state index contributed by atoms with van der Waals surface area (Å²) in [6.07, 6.45) is 2.47. The van der Waals surface area contributed by atoms with Crippen LogP contribution in [0.3, 0.4) is 0 Å². The van der Waals surface area contributed by atoms with E-state index in [0.717, 1.165) is 22.2 Å². The van der Waals surface area contributed by atoms with E-state index in [0.29, 0.717) is 19.6 Å². The van der Waals surface area contributed by atoms with Gasteiger partial charge in [0.2, 0.25) is 0 Å². The van der Waals surface area contributed by atoms with E-state index in [4.69, 9.17) is 9.47 Å². The number of benzene rings is 1. The predicted octanol–water partition coefficient (Wildman–Crippen LogP) is 4.23.